The average molecular weight is 251 g/mol. The van der Waals surface area contributed by atoms with Crippen LogP contribution in [0.5, 0.6) is 5.75 Å². The molecule has 4 nitrogen and oxygen atoms in total. The van der Waals surface area contributed by atoms with Crippen LogP contribution < -0.4 is 4.74 Å². The summed E-state index contributed by atoms with van der Waals surface area (Å²) in [5, 5.41) is 3.85. The fourth-order valence-corrected chi connectivity index (χ4v) is 1.45. The standard InChI is InChI=1S/C12H11ClN2O2/c1-2-7-16-10-6-4-3-5-9(10)12-14-11(8-13)17-15-12/h2-6H,1,7-8H2. The summed E-state index contributed by atoms with van der Waals surface area (Å²) < 4.78 is 10.5. The number of para-hydroxylation sites is 1. The number of benzene rings is 1. The third-order valence-corrected chi connectivity index (χ3v) is 2.30. The minimum atomic E-state index is 0.197. The maximum absolute atomic E-state index is 5.61. The summed E-state index contributed by atoms with van der Waals surface area (Å²) in [7, 11) is 0. The number of aromatic nitrogens is 2. The number of halogens is 1. The molecule has 0 aliphatic carbocycles. The Morgan fingerprint density at radius 1 is 1.41 bits per heavy atom. The lowest BCUT2D eigenvalue weighted by Crippen LogP contribution is -1.95. The lowest BCUT2D eigenvalue weighted by molar-refractivity contribution is 0.363. The first-order valence-corrected chi connectivity index (χ1v) is 5.60. The first-order chi connectivity index (χ1) is 8.35. The number of hydrogen-bond donors (Lipinski definition) is 0. The molecule has 0 atom stereocenters. The van der Waals surface area contributed by atoms with Crippen molar-refractivity contribution in [2.45, 2.75) is 5.88 Å². The SMILES string of the molecule is C=CCOc1ccccc1-c1noc(CCl)n1. The van der Waals surface area contributed by atoms with E-state index >= 15 is 0 Å². The second-order valence-electron chi connectivity index (χ2n) is 3.24. The van der Waals surface area contributed by atoms with Gasteiger partial charge in [0.1, 0.15) is 18.2 Å². The molecule has 0 fully saturated rings. The van der Waals surface area contributed by atoms with Crippen molar-refractivity contribution in [3.05, 3.63) is 42.8 Å². The summed E-state index contributed by atoms with van der Waals surface area (Å²) in [4.78, 5) is 4.15. The van der Waals surface area contributed by atoms with Crippen LogP contribution in [0.1, 0.15) is 5.89 Å². The van der Waals surface area contributed by atoms with Crippen molar-refractivity contribution in [3.8, 4) is 17.1 Å². The minimum absolute atomic E-state index is 0.197. The summed E-state index contributed by atoms with van der Waals surface area (Å²) in [6.07, 6.45) is 1.68. The van der Waals surface area contributed by atoms with Crippen molar-refractivity contribution in [1.29, 1.82) is 0 Å². The summed E-state index contributed by atoms with van der Waals surface area (Å²) in [5.41, 5.74) is 0.773. The normalized spacial score (nSPS) is 10.2. The molecule has 0 aliphatic heterocycles. The lowest BCUT2D eigenvalue weighted by atomic mass is 10.2. The van der Waals surface area contributed by atoms with Crippen molar-refractivity contribution in [2.75, 3.05) is 6.61 Å². The monoisotopic (exact) mass is 250 g/mol. The zero-order chi connectivity index (χ0) is 12.1. The predicted octanol–water partition coefficient (Wildman–Crippen LogP) is 3.04. The van der Waals surface area contributed by atoms with Gasteiger partial charge >= 0.3 is 0 Å². The molecule has 2 rings (SSSR count). The van der Waals surface area contributed by atoms with Gasteiger partial charge in [0.15, 0.2) is 0 Å². The fourth-order valence-electron chi connectivity index (χ4n) is 1.34. The van der Waals surface area contributed by atoms with E-state index in [9.17, 15) is 0 Å². The Balaban J connectivity index is 2.33. The zero-order valence-corrected chi connectivity index (χ0v) is 9.85. The number of nitrogens with zero attached hydrogens (tertiary/aromatic N) is 2. The average Bonchev–Trinajstić information content (AvgIpc) is 2.85. The van der Waals surface area contributed by atoms with Gasteiger partial charge in [0.2, 0.25) is 11.7 Å². The smallest absolute Gasteiger partial charge is 0.241 e. The molecule has 1 aromatic heterocycles. The van der Waals surface area contributed by atoms with Gasteiger partial charge < -0.3 is 9.26 Å². The van der Waals surface area contributed by atoms with Crippen LogP contribution >= 0.6 is 11.6 Å². The summed E-state index contributed by atoms with van der Waals surface area (Å²) in [5.74, 6) is 1.75. The Labute approximate surface area is 104 Å². The van der Waals surface area contributed by atoms with Crippen LogP contribution in [0.3, 0.4) is 0 Å². The molecule has 88 valence electrons. The maximum atomic E-state index is 5.61. The van der Waals surface area contributed by atoms with Crippen LogP contribution in [0, 0.1) is 0 Å². The zero-order valence-electron chi connectivity index (χ0n) is 9.10. The van der Waals surface area contributed by atoms with E-state index in [1.807, 2.05) is 24.3 Å². The van der Waals surface area contributed by atoms with Crippen LogP contribution in [-0.2, 0) is 5.88 Å². The number of ether oxygens (including phenoxy) is 1. The largest absolute Gasteiger partial charge is 0.489 e. The van der Waals surface area contributed by atoms with Crippen LogP contribution in [0.15, 0.2) is 41.4 Å². The Kier molecular flexibility index (Phi) is 3.77. The molecular weight excluding hydrogens is 240 g/mol. The highest BCUT2D eigenvalue weighted by molar-refractivity contribution is 6.16. The van der Waals surface area contributed by atoms with E-state index in [2.05, 4.69) is 16.7 Å². The van der Waals surface area contributed by atoms with Gasteiger partial charge in [-0.25, -0.2) is 0 Å². The molecule has 1 heterocycles. The Morgan fingerprint density at radius 2 is 2.24 bits per heavy atom. The van der Waals surface area contributed by atoms with E-state index in [0.717, 1.165) is 5.56 Å². The van der Waals surface area contributed by atoms with Gasteiger partial charge in [0.25, 0.3) is 0 Å². The van der Waals surface area contributed by atoms with E-state index < -0.39 is 0 Å². The molecule has 0 bridgehead atoms. The van der Waals surface area contributed by atoms with Crippen molar-refractivity contribution >= 4 is 11.6 Å². The van der Waals surface area contributed by atoms with Gasteiger partial charge in [-0.2, -0.15) is 4.98 Å². The van der Waals surface area contributed by atoms with Crippen molar-refractivity contribution in [2.24, 2.45) is 0 Å². The molecule has 0 saturated carbocycles. The van der Waals surface area contributed by atoms with Crippen molar-refractivity contribution in [3.63, 3.8) is 0 Å². The first kappa shape index (κ1) is 11.7. The fraction of sp³-hybridized carbons (Fsp3) is 0.167. The summed E-state index contributed by atoms with van der Waals surface area (Å²) >= 11 is 5.61. The number of hydrogen-bond acceptors (Lipinski definition) is 4. The molecule has 0 N–H and O–H groups in total. The lowest BCUT2D eigenvalue weighted by Gasteiger charge is -2.06. The van der Waals surface area contributed by atoms with Crippen LogP contribution in [0.2, 0.25) is 0 Å². The van der Waals surface area contributed by atoms with E-state index in [1.165, 1.54) is 0 Å². The van der Waals surface area contributed by atoms with Crippen LogP contribution in [0.4, 0.5) is 0 Å². The van der Waals surface area contributed by atoms with Crippen molar-refractivity contribution in [1.82, 2.24) is 10.1 Å². The van der Waals surface area contributed by atoms with Crippen LogP contribution in [-0.4, -0.2) is 16.7 Å². The molecular formula is C12H11ClN2O2. The van der Waals surface area contributed by atoms with Gasteiger partial charge in [-0.3, -0.25) is 0 Å². The molecule has 0 unspecified atom stereocenters. The minimum Gasteiger partial charge on any atom is -0.489 e. The molecule has 0 aliphatic rings. The number of alkyl halides is 1. The first-order valence-electron chi connectivity index (χ1n) is 5.06. The Bertz CT molecular complexity index is 511. The van der Waals surface area contributed by atoms with E-state index in [4.69, 9.17) is 20.9 Å². The number of rotatable bonds is 5. The molecule has 0 spiro atoms. The summed E-state index contributed by atoms with van der Waals surface area (Å²) in [6, 6.07) is 7.47. The van der Waals surface area contributed by atoms with E-state index in [-0.39, 0.29) is 5.88 Å². The molecule has 0 amide bonds. The molecule has 0 radical (unpaired) electrons. The second kappa shape index (κ2) is 5.50. The molecule has 2 aromatic rings. The van der Waals surface area contributed by atoms with Gasteiger partial charge in [0.05, 0.1) is 5.56 Å². The topological polar surface area (TPSA) is 48.2 Å². The van der Waals surface area contributed by atoms with Gasteiger partial charge in [0, 0.05) is 0 Å². The second-order valence-corrected chi connectivity index (χ2v) is 3.51. The third-order valence-electron chi connectivity index (χ3n) is 2.07. The highest BCUT2D eigenvalue weighted by atomic mass is 35.5. The highest BCUT2D eigenvalue weighted by Gasteiger charge is 2.12. The van der Waals surface area contributed by atoms with E-state index in [0.29, 0.717) is 24.1 Å². The van der Waals surface area contributed by atoms with Gasteiger partial charge in [-0.15, -0.1) is 11.6 Å². The molecule has 17 heavy (non-hydrogen) atoms. The van der Waals surface area contributed by atoms with Crippen molar-refractivity contribution < 1.29 is 9.26 Å². The summed E-state index contributed by atoms with van der Waals surface area (Å²) in [6.45, 7) is 4.03. The van der Waals surface area contributed by atoms with E-state index in [1.54, 1.807) is 6.08 Å². The third kappa shape index (κ3) is 2.65. The molecule has 5 heteroatoms. The molecule has 0 saturated heterocycles. The maximum Gasteiger partial charge on any atom is 0.241 e. The quantitative estimate of drug-likeness (QED) is 0.605. The van der Waals surface area contributed by atoms with Crippen LogP contribution in [0.25, 0.3) is 11.4 Å². The van der Waals surface area contributed by atoms with Gasteiger partial charge in [-0.1, -0.05) is 29.9 Å². The highest BCUT2D eigenvalue weighted by Crippen LogP contribution is 2.27. The van der Waals surface area contributed by atoms with Gasteiger partial charge in [-0.05, 0) is 12.1 Å². The Morgan fingerprint density at radius 3 is 2.94 bits per heavy atom. The molecule has 1 aromatic carbocycles. The Hall–Kier alpha value is -1.81. The predicted molar refractivity (Wildman–Crippen MR) is 65.0 cm³/mol.